The molecule has 0 unspecified atom stereocenters. The molecule has 0 bridgehead atoms. The Morgan fingerprint density at radius 1 is 1.50 bits per heavy atom. The van der Waals surface area contributed by atoms with Crippen molar-refractivity contribution < 1.29 is 4.79 Å². The van der Waals surface area contributed by atoms with Crippen LogP contribution in [0, 0.1) is 0 Å². The summed E-state index contributed by atoms with van der Waals surface area (Å²) in [6.07, 6.45) is 4.23. The number of hydrogen-bond donors (Lipinski definition) is 0. The summed E-state index contributed by atoms with van der Waals surface area (Å²) in [7, 11) is 0. The highest BCUT2D eigenvalue weighted by Crippen LogP contribution is 2.37. The zero-order chi connectivity index (χ0) is 11.3. The van der Waals surface area contributed by atoms with Crippen LogP contribution in [-0.2, 0) is 0 Å². The van der Waals surface area contributed by atoms with Gasteiger partial charge < -0.3 is 4.57 Å². The van der Waals surface area contributed by atoms with Crippen molar-refractivity contribution in [2.45, 2.75) is 25.8 Å². The van der Waals surface area contributed by atoms with Crippen molar-refractivity contribution >= 4 is 28.4 Å². The van der Waals surface area contributed by atoms with Gasteiger partial charge in [-0.1, -0.05) is 11.6 Å². The number of aromatic nitrogens is 2. The fourth-order valence-electron chi connectivity index (χ4n) is 1.96. The van der Waals surface area contributed by atoms with Gasteiger partial charge in [-0.3, -0.25) is 4.79 Å². The van der Waals surface area contributed by atoms with Crippen molar-refractivity contribution in [1.29, 1.82) is 0 Å². The first-order chi connectivity index (χ1) is 7.66. The van der Waals surface area contributed by atoms with E-state index in [1.807, 2.05) is 12.4 Å². The second kappa shape index (κ2) is 3.32. The number of carbonyl (C=O) groups excluding carboxylic acids is 1. The van der Waals surface area contributed by atoms with Crippen molar-refractivity contribution in [2.24, 2.45) is 0 Å². The third kappa shape index (κ3) is 1.43. The van der Waals surface area contributed by atoms with Gasteiger partial charge in [0, 0.05) is 11.6 Å². The molecule has 0 radical (unpaired) electrons. The molecule has 0 aliphatic heterocycles. The molecule has 1 saturated carbocycles. The minimum atomic E-state index is -0.00422. The number of halogens is 1. The number of rotatable bonds is 2. The van der Waals surface area contributed by atoms with Gasteiger partial charge in [-0.15, -0.1) is 0 Å². The summed E-state index contributed by atoms with van der Waals surface area (Å²) in [4.78, 5) is 15.7. The number of nitrogens with zero attached hydrogens (tertiary/aromatic N) is 2. The van der Waals surface area contributed by atoms with Gasteiger partial charge in [0.2, 0.25) is 0 Å². The Hall–Kier alpha value is -1.35. The Kier molecular flexibility index (Phi) is 2.04. The van der Waals surface area contributed by atoms with E-state index in [1.165, 1.54) is 19.8 Å². The van der Waals surface area contributed by atoms with E-state index in [1.54, 1.807) is 6.07 Å². The van der Waals surface area contributed by atoms with Gasteiger partial charge in [0.25, 0.3) is 0 Å². The van der Waals surface area contributed by atoms with Crippen LogP contribution >= 0.6 is 11.6 Å². The number of imidazole rings is 1. The van der Waals surface area contributed by atoms with Gasteiger partial charge in [-0.05, 0) is 31.9 Å². The summed E-state index contributed by atoms with van der Waals surface area (Å²) in [5.41, 5.74) is 2.45. The molecule has 2 aromatic rings. The number of benzene rings is 1. The van der Waals surface area contributed by atoms with Crippen molar-refractivity contribution in [2.75, 3.05) is 0 Å². The SMILES string of the molecule is CC(=O)c1cc2c(cc1Cl)ncn2C1CC1. The summed E-state index contributed by atoms with van der Waals surface area (Å²) in [5.74, 6) is -0.00422. The molecule has 1 aromatic carbocycles. The monoisotopic (exact) mass is 234 g/mol. The van der Waals surface area contributed by atoms with Crippen LogP contribution in [0.5, 0.6) is 0 Å². The number of fused-ring (bicyclic) bond motifs is 1. The van der Waals surface area contributed by atoms with Crippen LogP contribution in [0.25, 0.3) is 11.0 Å². The molecule has 0 amide bonds. The van der Waals surface area contributed by atoms with E-state index in [2.05, 4.69) is 9.55 Å². The second-order valence-electron chi connectivity index (χ2n) is 4.26. The van der Waals surface area contributed by atoms with E-state index in [0.717, 1.165) is 11.0 Å². The first kappa shape index (κ1) is 9.85. The van der Waals surface area contributed by atoms with Crippen LogP contribution in [0.3, 0.4) is 0 Å². The van der Waals surface area contributed by atoms with E-state index < -0.39 is 0 Å². The van der Waals surface area contributed by atoms with E-state index in [-0.39, 0.29) is 5.78 Å². The number of hydrogen-bond acceptors (Lipinski definition) is 2. The molecular formula is C12H11ClN2O. The lowest BCUT2D eigenvalue weighted by atomic mass is 10.1. The molecule has 0 saturated heterocycles. The lowest BCUT2D eigenvalue weighted by Gasteiger charge is -2.03. The fraction of sp³-hybridized carbons (Fsp3) is 0.333. The minimum Gasteiger partial charge on any atom is -0.327 e. The maximum atomic E-state index is 11.4. The molecule has 0 spiro atoms. The van der Waals surface area contributed by atoms with Gasteiger partial charge in [0.1, 0.15) is 0 Å². The Balaban J connectivity index is 2.26. The Bertz CT molecular complexity index is 584. The number of Topliss-reactive ketones (excluding diaryl/α,β-unsaturated/α-hetero) is 1. The van der Waals surface area contributed by atoms with Crippen LogP contribution in [0.4, 0.5) is 0 Å². The zero-order valence-electron chi connectivity index (χ0n) is 8.90. The highest BCUT2D eigenvalue weighted by molar-refractivity contribution is 6.34. The van der Waals surface area contributed by atoms with Gasteiger partial charge >= 0.3 is 0 Å². The summed E-state index contributed by atoms with van der Waals surface area (Å²) >= 11 is 6.03. The topological polar surface area (TPSA) is 34.9 Å². The summed E-state index contributed by atoms with van der Waals surface area (Å²) in [6, 6.07) is 4.18. The summed E-state index contributed by atoms with van der Waals surface area (Å²) in [5, 5.41) is 0.487. The van der Waals surface area contributed by atoms with Gasteiger partial charge in [-0.2, -0.15) is 0 Å². The Labute approximate surface area is 98.0 Å². The molecule has 0 atom stereocenters. The van der Waals surface area contributed by atoms with E-state index >= 15 is 0 Å². The van der Waals surface area contributed by atoms with E-state index in [9.17, 15) is 4.79 Å². The van der Waals surface area contributed by atoms with Gasteiger partial charge in [0.15, 0.2) is 5.78 Å². The zero-order valence-corrected chi connectivity index (χ0v) is 9.66. The fourth-order valence-corrected chi connectivity index (χ4v) is 2.25. The molecule has 1 aliphatic rings. The molecule has 1 heterocycles. The van der Waals surface area contributed by atoms with Gasteiger partial charge in [0.05, 0.1) is 22.4 Å². The first-order valence-corrected chi connectivity index (χ1v) is 5.71. The Morgan fingerprint density at radius 3 is 2.88 bits per heavy atom. The average molecular weight is 235 g/mol. The van der Waals surface area contributed by atoms with Crippen molar-refractivity contribution in [3.05, 3.63) is 29.0 Å². The minimum absolute atomic E-state index is 0.00422. The van der Waals surface area contributed by atoms with Crippen LogP contribution in [0.1, 0.15) is 36.2 Å². The second-order valence-corrected chi connectivity index (χ2v) is 4.67. The molecule has 1 fully saturated rings. The molecule has 4 heteroatoms. The lowest BCUT2D eigenvalue weighted by Crippen LogP contribution is -1.96. The van der Waals surface area contributed by atoms with Crippen LogP contribution in [0.2, 0.25) is 5.02 Å². The standard InChI is InChI=1S/C12H11ClN2O/c1-7(16)9-4-12-11(5-10(9)13)14-6-15(12)8-2-3-8/h4-6,8H,2-3H2,1H3. The quantitative estimate of drug-likeness (QED) is 0.748. The largest absolute Gasteiger partial charge is 0.327 e. The smallest absolute Gasteiger partial charge is 0.161 e. The van der Waals surface area contributed by atoms with Crippen molar-refractivity contribution in [3.8, 4) is 0 Å². The molecule has 3 rings (SSSR count). The maximum absolute atomic E-state index is 11.4. The molecule has 3 nitrogen and oxygen atoms in total. The average Bonchev–Trinajstić information content (AvgIpc) is 2.99. The van der Waals surface area contributed by atoms with Gasteiger partial charge in [-0.25, -0.2) is 4.98 Å². The third-order valence-corrected chi connectivity index (χ3v) is 3.30. The van der Waals surface area contributed by atoms with E-state index in [4.69, 9.17) is 11.6 Å². The van der Waals surface area contributed by atoms with Crippen molar-refractivity contribution in [1.82, 2.24) is 9.55 Å². The van der Waals surface area contributed by atoms with Crippen LogP contribution in [-0.4, -0.2) is 15.3 Å². The number of ketones is 1. The lowest BCUT2D eigenvalue weighted by molar-refractivity contribution is 0.101. The molecule has 16 heavy (non-hydrogen) atoms. The Morgan fingerprint density at radius 2 is 2.25 bits per heavy atom. The van der Waals surface area contributed by atoms with Crippen LogP contribution in [0.15, 0.2) is 18.5 Å². The van der Waals surface area contributed by atoms with Crippen LogP contribution < -0.4 is 0 Å². The first-order valence-electron chi connectivity index (χ1n) is 5.34. The predicted octanol–water partition coefficient (Wildman–Crippen LogP) is 3.23. The van der Waals surface area contributed by atoms with E-state index in [0.29, 0.717) is 16.6 Å². The third-order valence-electron chi connectivity index (χ3n) is 2.98. The number of carbonyl (C=O) groups is 1. The summed E-state index contributed by atoms with van der Waals surface area (Å²) in [6.45, 7) is 1.53. The maximum Gasteiger partial charge on any atom is 0.161 e. The highest BCUT2D eigenvalue weighted by atomic mass is 35.5. The molecule has 0 N–H and O–H groups in total. The normalized spacial score (nSPS) is 15.6. The molecule has 1 aliphatic carbocycles. The molecule has 82 valence electrons. The predicted molar refractivity (Wildman–Crippen MR) is 63.0 cm³/mol. The van der Waals surface area contributed by atoms with Crippen molar-refractivity contribution in [3.63, 3.8) is 0 Å². The molecular weight excluding hydrogens is 224 g/mol. The summed E-state index contributed by atoms with van der Waals surface area (Å²) < 4.78 is 2.14. The molecule has 1 aromatic heterocycles. The highest BCUT2D eigenvalue weighted by Gasteiger charge is 2.25.